The molecule has 1 aromatic rings. The first kappa shape index (κ1) is 11.4. The fourth-order valence-electron chi connectivity index (χ4n) is 1.08. The number of aromatic nitrogens is 1. The molecule has 0 saturated carbocycles. The zero-order valence-corrected chi connectivity index (χ0v) is 8.81. The van der Waals surface area contributed by atoms with Crippen LogP contribution in [0.15, 0.2) is 37.1 Å². The number of pyridine rings is 1. The van der Waals surface area contributed by atoms with Crippen molar-refractivity contribution in [1.29, 1.82) is 0 Å². The molecule has 1 aromatic heterocycles. The van der Waals surface area contributed by atoms with Crippen molar-refractivity contribution in [2.24, 2.45) is 0 Å². The van der Waals surface area contributed by atoms with E-state index in [4.69, 9.17) is 0 Å². The lowest BCUT2D eigenvalue weighted by Gasteiger charge is -2.15. The van der Waals surface area contributed by atoms with E-state index in [0.29, 0.717) is 18.9 Å². The van der Waals surface area contributed by atoms with Crippen LogP contribution < -0.4 is 10.2 Å². The van der Waals surface area contributed by atoms with E-state index in [-0.39, 0.29) is 5.91 Å². The Hall–Kier alpha value is -1.68. The number of anilines is 1. The van der Waals surface area contributed by atoms with E-state index in [9.17, 15) is 4.79 Å². The van der Waals surface area contributed by atoms with Crippen LogP contribution in [-0.4, -0.2) is 31.0 Å². The third-order valence-corrected chi connectivity index (χ3v) is 1.93. The van der Waals surface area contributed by atoms with Crippen LogP contribution in [0, 0.1) is 0 Å². The van der Waals surface area contributed by atoms with Gasteiger partial charge in [0.2, 0.25) is 5.91 Å². The maximum Gasteiger partial charge on any atom is 0.241 e. The van der Waals surface area contributed by atoms with Gasteiger partial charge in [0.1, 0.15) is 5.82 Å². The predicted molar refractivity (Wildman–Crippen MR) is 60.7 cm³/mol. The fraction of sp³-hybridized carbons (Fsp3) is 0.273. The molecule has 0 atom stereocenters. The summed E-state index contributed by atoms with van der Waals surface area (Å²) < 4.78 is 0. The quantitative estimate of drug-likeness (QED) is 0.572. The zero-order chi connectivity index (χ0) is 11.1. The van der Waals surface area contributed by atoms with Gasteiger partial charge in [0.15, 0.2) is 0 Å². The van der Waals surface area contributed by atoms with Crippen molar-refractivity contribution >= 4 is 11.7 Å². The molecule has 0 fully saturated rings. The molecular formula is C11H15N3O. The van der Waals surface area contributed by atoms with Crippen molar-refractivity contribution in [2.45, 2.75) is 0 Å². The predicted octanol–water partition coefficient (Wildman–Crippen LogP) is 0.820. The average molecular weight is 205 g/mol. The van der Waals surface area contributed by atoms with Crippen molar-refractivity contribution < 1.29 is 4.79 Å². The lowest BCUT2D eigenvalue weighted by Crippen LogP contribution is -2.35. The van der Waals surface area contributed by atoms with E-state index in [1.807, 2.05) is 12.1 Å². The second-order valence-corrected chi connectivity index (χ2v) is 3.06. The highest BCUT2D eigenvalue weighted by Gasteiger charge is 2.09. The first-order valence-corrected chi connectivity index (χ1v) is 4.75. The van der Waals surface area contributed by atoms with E-state index in [0.717, 1.165) is 0 Å². The summed E-state index contributed by atoms with van der Waals surface area (Å²) in [5.74, 6) is 0.637. The first-order valence-electron chi connectivity index (χ1n) is 4.75. The van der Waals surface area contributed by atoms with Crippen LogP contribution in [0.5, 0.6) is 0 Å². The Morgan fingerprint density at radius 2 is 2.47 bits per heavy atom. The Morgan fingerprint density at radius 3 is 3.07 bits per heavy atom. The zero-order valence-electron chi connectivity index (χ0n) is 8.81. The second-order valence-electron chi connectivity index (χ2n) is 3.06. The fourth-order valence-corrected chi connectivity index (χ4v) is 1.08. The maximum atomic E-state index is 11.6. The molecule has 0 aromatic carbocycles. The topological polar surface area (TPSA) is 45.2 Å². The molecule has 0 saturated heterocycles. The smallest absolute Gasteiger partial charge is 0.241 e. The summed E-state index contributed by atoms with van der Waals surface area (Å²) in [7, 11) is 1.71. The minimum atomic E-state index is -0.0180. The highest BCUT2D eigenvalue weighted by Crippen LogP contribution is 2.05. The molecule has 0 spiro atoms. The van der Waals surface area contributed by atoms with Gasteiger partial charge in [-0.15, -0.1) is 6.58 Å². The van der Waals surface area contributed by atoms with Crippen molar-refractivity contribution in [3.05, 3.63) is 37.1 Å². The molecular weight excluding hydrogens is 190 g/mol. The molecule has 1 amide bonds. The Labute approximate surface area is 89.6 Å². The molecule has 1 heterocycles. The highest BCUT2D eigenvalue weighted by molar-refractivity contribution is 5.93. The highest BCUT2D eigenvalue weighted by atomic mass is 16.2. The molecule has 15 heavy (non-hydrogen) atoms. The Bertz CT molecular complexity index is 324. The van der Waals surface area contributed by atoms with Crippen LogP contribution in [0.3, 0.4) is 0 Å². The lowest BCUT2D eigenvalue weighted by atomic mass is 10.4. The SMILES string of the molecule is C=CCNCC(=O)N(C)c1ccccn1. The molecule has 4 heteroatoms. The molecule has 1 rings (SSSR count). The minimum absolute atomic E-state index is 0.0180. The van der Waals surface area contributed by atoms with Crippen molar-refractivity contribution in [1.82, 2.24) is 10.3 Å². The normalized spacial score (nSPS) is 9.67. The Morgan fingerprint density at radius 1 is 1.67 bits per heavy atom. The number of carbonyl (C=O) groups excluding carboxylic acids is 1. The van der Waals surface area contributed by atoms with Crippen molar-refractivity contribution in [2.75, 3.05) is 25.0 Å². The molecule has 0 aliphatic carbocycles. The number of likely N-dealkylation sites (N-methyl/N-ethyl adjacent to an activating group) is 1. The standard InChI is InChI=1S/C11H15N3O/c1-3-7-12-9-11(15)14(2)10-6-4-5-8-13-10/h3-6,8,12H,1,7,9H2,2H3. The van der Waals surface area contributed by atoms with Gasteiger partial charge in [-0.1, -0.05) is 12.1 Å². The van der Waals surface area contributed by atoms with Crippen LogP contribution in [0.1, 0.15) is 0 Å². The van der Waals surface area contributed by atoms with Gasteiger partial charge in [0, 0.05) is 19.8 Å². The third kappa shape index (κ3) is 3.52. The summed E-state index contributed by atoms with van der Waals surface area (Å²) in [6.07, 6.45) is 3.38. The van der Waals surface area contributed by atoms with E-state index in [1.165, 1.54) is 4.90 Å². The molecule has 4 nitrogen and oxygen atoms in total. The average Bonchev–Trinajstić information content (AvgIpc) is 2.29. The van der Waals surface area contributed by atoms with E-state index in [1.54, 1.807) is 25.4 Å². The van der Waals surface area contributed by atoms with Gasteiger partial charge in [0.05, 0.1) is 6.54 Å². The largest absolute Gasteiger partial charge is 0.305 e. The van der Waals surface area contributed by atoms with E-state index < -0.39 is 0 Å². The number of amides is 1. The number of nitrogens with zero attached hydrogens (tertiary/aromatic N) is 2. The molecule has 0 unspecified atom stereocenters. The summed E-state index contributed by atoms with van der Waals surface area (Å²) in [4.78, 5) is 17.2. The second kappa shape index (κ2) is 5.93. The molecule has 1 N–H and O–H groups in total. The summed E-state index contributed by atoms with van der Waals surface area (Å²) in [5.41, 5.74) is 0. The maximum absolute atomic E-state index is 11.6. The number of nitrogens with one attached hydrogen (secondary N) is 1. The number of rotatable bonds is 5. The van der Waals surface area contributed by atoms with Gasteiger partial charge in [-0.25, -0.2) is 4.98 Å². The van der Waals surface area contributed by atoms with E-state index in [2.05, 4.69) is 16.9 Å². The number of carbonyl (C=O) groups is 1. The lowest BCUT2D eigenvalue weighted by molar-refractivity contribution is -0.117. The first-order chi connectivity index (χ1) is 7.25. The van der Waals surface area contributed by atoms with Gasteiger partial charge in [-0.3, -0.25) is 9.69 Å². The van der Waals surface area contributed by atoms with Gasteiger partial charge < -0.3 is 5.32 Å². The summed E-state index contributed by atoms with van der Waals surface area (Å²) >= 11 is 0. The van der Waals surface area contributed by atoms with Gasteiger partial charge in [-0.2, -0.15) is 0 Å². The van der Waals surface area contributed by atoms with Gasteiger partial charge >= 0.3 is 0 Å². The third-order valence-electron chi connectivity index (χ3n) is 1.93. The van der Waals surface area contributed by atoms with Crippen LogP contribution in [-0.2, 0) is 4.79 Å². The molecule has 0 aliphatic rings. The van der Waals surface area contributed by atoms with Crippen molar-refractivity contribution in [3.63, 3.8) is 0 Å². The summed E-state index contributed by atoms with van der Waals surface area (Å²) in [5, 5.41) is 2.95. The van der Waals surface area contributed by atoms with Gasteiger partial charge in [-0.05, 0) is 12.1 Å². The van der Waals surface area contributed by atoms with Crippen LogP contribution in [0.2, 0.25) is 0 Å². The molecule has 0 aliphatic heterocycles. The Kier molecular flexibility index (Phi) is 4.50. The summed E-state index contributed by atoms with van der Waals surface area (Å²) in [6.45, 7) is 4.48. The minimum Gasteiger partial charge on any atom is -0.305 e. The summed E-state index contributed by atoms with van der Waals surface area (Å²) in [6, 6.07) is 5.46. The molecule has 0 bridgehead atoms. The number of hydrogen-bond acceptors (Lipinski definition) is 3. The monoisotopic (exact) mass is 205 g/mol. The van der Waals surface area contributed by atoms with Crippen LogP contribution in [0.4, 0.5) is 5.82 Å². The van der Waals surface area contributed by atoms with Crippen molar-refractivity contribution in [3.8, 4) is 0 Å². The van der Waals surface area contributed by atoms with Crippen LogP contribution in [0.25, 0.3) is 0 Å². The van der Waals surface area contributed by atoms with Crippen LogP contribution >= 0.6 is 0 Å². The van der Waals surface area contributed by atoms with Gasteiger partial charge in [0.25, 0.3) is 0 Å². The molecule has 80 valence electrons. The molecule has 0 radical (unpaired) electrons. The van der Waals surface area contributed by atoms with E-state index >= 15 is 0 Å². The Balaban J connectivity index is 2.50. The number of hydrogen-bond donors (Lipinski definition) is 1.